The predicted molar refractivity (Wildman–Crippen MR) is 84.3 cm³/mol. The number of methoxy groups -OCH3 is 1. The summed E-state index contributed by atoms with van der Waals surface area (Å²) in [7, 11) is -1.86. The summed E-state index contributed by atoms with van der Waals surface area (Å²) in [6.45, 7) is 0.485. The molecule has 0 amide bonds. The fraction of sp³-hybridized carbons (Fsp3) is 0.562. The van der Waals surface area contributed by atoms with Crippen LogP contribution in [-0.2, 0) is 25.0 Å². The average molecular weight is 323 g/mol. The van der Waals surface area contributed by atoms with E-state index in [-0.39, 0.29) is 17.3 Å². The van der Waals surface area contributed by atoms with Gasteiger partial charge >= 0.3 is 5.97 Å². The molecule has 22 heavy (non-hydrogen) atoms. The Hall–Kier alpha value is -1.56. The molecule has 0 N–H and O–H groups in total. The van der Waals surface area contributed by atoms with E-state index in [1.807, 2.05) is 24.3 Å². The Kier molecular flexibility index (Phi) is 3.67. The molecule has 0 unspecified atom stereocenters. The molecule has 1 aromatic carbocycles. The lowest BCUT2D eigenvalue weighted by molar-refractivity contribution is -0.146. The zero-order chi connectivity index (χ0) is 16.0. The highest BCUT2D eigenvalue weighted by Crippen LogP contribution is 2.50. The van der Waals surface area contributed by atoms with Crippen LogP contribution in [0.2, 0.25) is 0 Å². The van der Waals surface area contributed by atoms with Crippen LogP contribution in [0.4, 0.5) is 5.69 Å². The zero-order valence-electron chi connectivity index (χ0n) is 12.9. The van der Waals surface area contributed by atoms with Crippen molar-refractivity contribution in [2.24, 2.45) is 5.92 Å². The van der Waals surface area contributed by atoms with Crippen LogP contribution in [-0.4, -0.2) is 34.3 Å². The Labute approximate surface area is 131 Å². The molecule has 0 aromatic heterocycles. The lowest BCUT2D eigenvalue weighted by atomic mass is 9.68. The summed E-state index contributed by atoms with van der Waals surface area (Å²) in [5.74, 6) is -0.212. The molecule has 120 valence electrons. The van der Waals surface area contributed by atoms with Gasteiger partial charge in [-0.25, -0.2) is 8.42 Å². The van der Waals surface area contributed by atoms with E-state index in [1.165, 1.54) is 17.7 Å². The molecule has 1 heterocycles. The minimum atomic E-state index is -3.28. The Morgan fingerprint density at radius 3 is 2.50 bits per heavy atom. The summed E-state index contributed by atoms with van der Waals surface area (Å²) < 4.78 is 30.5. The first-order valence-corrected chi connectivity index (χ1v) is 9.37. The molecule has 2 aliphatic rings. The van der Waals surface area contributed by atoms with Gasteiger partial charge in [0, 0.05) is 12.0 Å². The van der Waals surface area contributed by atoms with Crippen molar-refractivity contribution >= 4 is 21.7 Å². The van der Waals surface area contributed by atoms with Gasteiger partial charge in [0.15, 0.2) is 0 Å². The van der Waals surface area contributed by atoms with Crippen LogP contribution >= 0.6 is 0 Å². The molecular weight excluding hydrogens is 302 g/mol. The number of hydrogen-bond donors (Lipinski definition) is 0. The zero-order valence-corrected chi connectivity index (χ0v) is 13.7. The standard InChI is InChI=1S/C16H21NO4S/c1-21-15(18)12-7-9-16(10-8-12)11-17(22(2,19)20)14-6-4-3-5-13(14)16/h3-6,12H,7-11H2,1-2H3. The van der Waals surface area contributed by atoms with E-state index in [9.17, 15) is 13.2 Å². The van der Waals surface area contributed by atoms with Crippen molar-refractivity contribution in [1.82, 2.24) is 0 Å². The molecule has 5 nitrogen and oxygen atoms in total. The fourth-order valence-electron chi connectivity index (χ4n) is 3.88. The predicted octanol–water partition coefficient (Wildman–Crippen LogP) is 2.07. The second kappa shape index (κ2) is 5.26. The number of benzene rings is 1. The number of nitrogens with zero attached hydrogens (tertiary/aromatic N) is 1. The van der Waals surface area contributed by atoms with Crippen molar-refractivity contribution in [1.29, 1.82) is 0 Å². The molecule has 1 spiro atoms. The van der Waals surface area contributed by atoms with E-state index in [4.69, 9.17) is 4.74 Å². The molecule has 0 radical (unpaired) electrons. The van der Waals surface area contributed by atoms with Crippen LogP contribution in [0.25, 0.3) is 0 Å². The molecule has 6 heteroatoms. The minimum absolute atomic E-state index is 0.0601. The summed E-state index contributed by atoms with van der Waals surface area (Å²) in [5, 5.41) is 0. The molecule has 0 saturated heterocycles. The normalized spacial score (nSPS) is 27.7. The van der Waals surface area contributed by atoms with E-state index in [0.717, 1.165) is 36.9 Å². The Balaban J connectivity index is 1.92. The quantitative estimate of drug-likeness (QED) is 0.782. The molecule has 1 aromatic rings. The number of hydrogen-bond acceptors (Lipinski definition) is 4. The number of carbonyl (C=O) groups excluding carboxylic acids is 1. The van der Waals surface area contributed by atoms with Crippen LogP contribution in [0.3, 0.4) is 0 Å². The van der Waals surface area contributed by atoms with Gasteiger partial charge in [0.1, 0.15) is 0 Å². The smallest absolute Gasteiger partial charge is 0.308 e. The number of anilines is 1. The number of fused-ring (bicyclic) bond motifs is 2. The first-order chi connectivity index (χ1) is 10.4. The molecule has 1 saturated carbocycles. The number of sulfonamides is 1. The van der Waals surface area contributed by atoms with Crippen LogP contribution in [0.1, 0.15) is 31.2 Å². The lowest BCUT2D eigenvalue weighted by Gasteiger charge is -2.36. The van der Waals surface area contributed by atoms with Gasteiger partial charge in [0.25, 0.3) is 0 Å². The second-order valence-electron chi connectivity index (χ2n) is 6.36. The molecule has 1 fully saturated rings. The number of ether oxygens (including phenoxy) is 1. The van der Waals surface area contributed by atoms with Crippen LogP contribution in [0, 0.1) is 5.92 Å². The lowest BCUT2D eigenvalue weighted by Crippen LogP contribution is -2.40. The van der Waals surface area contributed by atoms with E-state index in [1.54, 1.807) is 0 Å². The average Bonchev–Trinajstić information content (AvgIpc) is 2.83. The number of para-hydroxylation sites is 1. The Morgan fingerprint density at radius 2 is 1.91 bits per heavy atom. The monoisotopic (exact) mass is 323 g/mol. The maximum Gasteiger partial charge on any atom is 0.308 e. The minimum Gasteiger partial charge on any atom is -0.469 e. The molecule has 0 atom stereocenters. The third kappa shape index (κ3) is 2.39. The first kappa shape index (κ1) is 15.3. The van der Waals surface area contributed by atoms with Gasteiger partial charge in [-0.1, -0.05) is 18.2 Å². The third-order valence-electron chi connectivity index (χ3n) is 5.07. The fourth-order valence-corrected chi connectivity index (χ4v) is 4.88. The summed E-state index contributed by atoms with van der Waals surface area (Å²) in [5.41, 5.74) is 1.73. The van der Waals surface area contributed by atoms with E-state index >= 15 is 0 Å². The van der Waals surface area contributed by atoms with Gasteiger partial charge in [0.05, 0.1) is 25.0 Å². The third-order valence-corrected chi connectivity index (χ3v) is 6.19. The van der Waals surface area contributed by atoms with Gasteiger partial charge < -0.3 is 4.74 Å². The van der Waals surface area contributed by atoms with Gasteiger partial charge in [0.2, 0.25) is 10.0 Å². The van der Waals surface area contributed by atoms with Crippen molar-refractivity contribution in [2.75, 3.05) is 24.2 Å². The van der Waals surface area contributed by atoms with Gasteiger partial charge in [-0.2, -0.15) is 0 Å². The highest BCUT2D eigenvalue weighted by atomic mass is 32.2. The van der Waals surface area contributed by atoms with Crippen molar-refractivity contribution in [3.05, 3.63) is 29.8 Å². The van der Waals surface area contributed by atoms with E-state index in [0.29, 0.717) is 6.54 Å². The van der Waals surface area contributed by atoms with Crippen LogP contribution < -0.4 is 4.31 Å². The van der Waals surface area contributed by atoms with Crippen molar-refractivity contribution in [3.63, 3.8) is 0 Å². The molecular formula is C16H21NO4S. The second-order valence-corrected chi connectivity index (χ2v) is 8.27. The summed E-state index contributed by atoms with van der Waals surface area (Å²) in [6, 6.07) is 7.73. The van der Waals surface area contributed by atoms with Crippen LogP contribution in [0.15, 0.2) is 24.3 Å². The van der Waals surface area contributed by atoms with Crippen LogP contribution in [0.5, 0.6) is 0 Å². The number of carbonyl (C=O) groups is 1. The largest absolute Gasteiger partial charge is 0.469 e. The maximum absolute atomic E-state index is 12.1. The van der Waals surface area contributed by atoms with Crippen molar-refractivity contribution < 1.29 is 17.9 Å². The highest BCUT2D eigenvalue weighted by Gasteiger charge is 2.47. The molecule has 0 bridgehead atoms. The summed E-state index contributed by atoms with van der Waals surface area (Å²) >= 11 is 0. The number of esters is 1. The molecule has 3 rings (SSSR count). The Morgan fingerprint density at radius 1 is 1.27 bits per heavy atom. The Bertz CT molecular complexity index is 690. The maximum atomic E-state index is 12.1. The van der Waals surface area contributed by atoms with Gasteiger partial charge in [-0.3, -0.25) is 9.10 Å². The van der Waals surface area contributed by atoms with Gasteiger partial charge in [-0.15, -0.1) is 0 Å². The first-order valence-electron chi connectivity index (χ1n) is 7.52. The topological polar surface area (TPSA) is 63.7 Å². The summed E-state index contributed by atoms with van der Waals surface area (Å²) in [4.78, 5) is 11.7. The molecule has 1 aliphatic heterocycles. The highest BCUT2D eigenvalue weighted by molar-refractivity contribution is 7.92. The van der Waals surface area contributed by atoms with Crippen molar-refractivity contribution in [3.8, 4) is 0 Å². The molecule has 1 aliphatic carbocycles. The summed E-state index contributed by atoms with van der Waals surface area (Å²) in [6.07, 6.45) is 4.38. The van der Waals surface area contributed by atoms with E-state index < -0.39 is 10.0 Å². The van der Waals surface area contributed by atoms with Crippen molar-refractivity contribution in [2.45, 2.75) is 31.1 Å². The van der Waals surface area contributed by atoms with E-state index in [2.05, 4.69) is 0 Å². The SMILES string of the molecule is COC(=O)C1CCC2(CC1)CN(S(C)(=O)=O)c1ccccc12. The number of rotatable bonds is 2. The van der Waals surface area contributed by atoms with Gasteiger partial charge in [-0.05, 0) is 37.3 Å².